The number of fused-ring (bicyclic) bond motifs is 1. The van der Waals surface area contributed by atoms with Crippen LogP contribution in [0.15, 0.2) is 36.8 Å². The van der Waals surface area contributed by atoms with Crippen molar-refractivity contribution in [2.24, 2.45) is 0 Å². The topological polar surface area (TPSA) is 99.6 Å². The van der Waals surface area contributed by atoms with Crippen molar-refractivity contribution in [1.82, 2.24) is 20.0 Å². The van der Waals surface area contributed by atoms with Gasteiger partial charge in [-0.1, -0.05) is 6.07 Å². The minimum Gasteiger partial charge on any atom is -0.352 e. The summed E-state index contributed by atoms with van der Waals surface area (Å²) >= 11 is 0. The van der Waals surface area contributed by atoms with E-state index in [1.165, 1.54) is 0 Å². The molecule has 0 saturated heterocycles. The minimum atomic E-state index is -0.253. The fourth-order valence-electron chi connectivity index (χ4n) is 3.15. The van der Waals surface area contributed by atoms with Crippen LogP contribution < -0.4 is 21.3 Å². The third kappa shape index (κ3) is 4.31. The maximum Gasteiger partial charge on any atom is 0.319 e. The van der Waals surface area contributed by atoms with E-state index in [9.17, 15) is 9.59 Å². The molecule has 0 fully saturated rings. The Balaban J connectivity index is 1.96. The van der Waals surface area contributed by atoms with Gasteiger partial charge in [-0.05, 0) is 51.0 Å². The molecule has 0 spiro atoms. The average Bonchev–Trinajstić information content (AvgIpc) is 3.03. The van der Waals surface area contributed by atoms with Crippen LogP contribution in [0.2, 0.25) is 0 Å². The highest BCUT2D eigenvalue weighted by atomic mass is 16.2. The van der Waals surface area contributed by atoms with E-state index in [4.69, 9.17) is 0 Å². The highest BCUT2D eigenvalue weighted by Gasteiger charge is 2.17. The zero-order chi connectivity index (χ0) is 21.0. The molecule has 3 rings (SSSR count). The van der Waals surface area contributed by atoms with Crippen molar-refractivity contribution < 1.29 is 9.59 Å². The van der Waals surface area contributed by atoms with E-state index in [-0.39, 0.29) is 11.9 Å². The van der Waals surface area contributed by atoms with Crippen LogP contribution in [-0.4, -0.2) is 34.4 Å². The molecule has 0 saturated carbocycles. The molecule has 4 N–H and O–H groups in total. The van der Waals surface area contributed by atoms with Crippen molar-refractivity contribution in [2.75, 3.05) is 23.7 Å². The number of urea groups is 1. The summed E-state index contributed by atoms with van der Waals surface area (Å²) in [6.45, 7) is 8.76. The number of nitrogens with zero attached hydrogens (tertiary/aromatic N) is 2. The van der Waals surface area contributed by atoms with E-state index in [0.717, 1.165) is 22.3 Å². The van der Waals surface area contributed by atoms with Gasteiger partial charge in [-0.25, -0.2) is 9.78 Å². The molecule has 0 atom stereocenters. The van der Waals surface area contributed by atoms with E-state index in [2.05, 4.69) is 26.3 Å². The van der Waals surface area contributed by atoms with Crippen LogP contribution in [0.25, 0.3) is 5.52 Å². The summed E-state index contributed by atoms with van der Waals surface area (Å²) in [5, 5.41) is 11.7. The van der Waals surface area contributed by atoms with Gasteiger partial charge in [-0.2, -0.15) is 0 Å². The summed E-state index contributed by atoms with van der Waals surface area (Å²) in [6, 6.07) is 5.38. The van der Waals surface area contributed by atoms with Crippen LogP contribution in [0.5, 0.6) is 0 Å². The number of benzene rings is 1. The quantitative estimate of drug-likeness (QED) is 0.513. The normalized spacial score (nSPS) is 10.6. The number of amides is 3. The van der Waals surface area contributed by atoms with Gasteiger partial charge in [0.2, 0.25) is 0 Å². The van der Waals surface area contributed by atoms with Crippen LogP contribution in [-0.2, 0) is 0 Å². The predicted octanol–water partition coefficient (Wildman–Crippen LogP) is 3.59. The van der Waals surface area contributed by atoms with Crippen LogP contribution in [0.4, 0.5) is 22.0 Å². The molecule has 29 heavy (non-hydrogen) atoms. The van der Waals surface area contributed by atoms with E-state index < -0.39 is 0 Å². The molecule has 152 valence electrons. The zero-order valence-electron chi connectivity index (χ0n) is 17.1. The second-order valence-corrected chi connectivity index (χ2v) is 6.70. The lowest BCUT2D eigenvalue weighted by atomic mass is 10.1. The number of carbonyl (C=O) groups is 2. The zero-order valence-corrected chi connectivity index (χ0v) is 17.1. The first-order valence-corrected chi connectivity index (χ1v) is 9.61. The summed E-state index contributed by atoms with van der Waals surface area (Å²) in [6.07, 6.45) is 5.31. The van der Waals surface area contributed by atoms with Crippen molar-refractivity contribution in [3.8, 4) is 0 Å². The molecular weight excluding hydrogens is 368 g/mol. The van der Waals surface area contributed by atoms with Gasteiger partial charge in [0.15, 0.2) is 5.82 Å². The number of hydrogen-bond acceptors (Lipinski definition) is 4. The first-order valence-electron chi connectivity index (χ1n) is 9.61. The summed E-state index contributed by atoms with van der Waals surface area (Å²) in [5.41, 5.74) is 4.79. The molecule has 0 aliphatic heterocycles. The van der Waals surface area contributed by atoms with Gasteiger partial charge in [0.25, 0.3) is 5.91 Å². The lowest BCUT2D eigenvalue weighted by Gasteiger charge is -2.13. The maximum atomic E-state index is 12.3. The summed E-state index contributed by atoms with van der Waals surface area (Å²) in [4.78, 5) is 28.6. The molecule has 0 unspecified atom stereocenters. The van der Waals surface area contributed by atoms with Gasteiger partial charge >= 0.3 is 6.03 Å². The molecule has 0 bridgehead atoms. The van der Waals surface area contributed by atoms with E-state index in [1.54, 1.807) is 6.20 Å². The lowest BCUT2D eigenvalue weighted by molar-refractivity contribution is 0.0955. The molecule has 2 aromatic heterocycles. The Bertz CT molecular complexity index is 1060. The van der Waals surface area contributed by atoms with Crippen molar-refractivity contribution in [3.63, 3.8) is 0 Å². The molecular formula is C21H26N6O2. The number of rotatable bonds is 6. The van der Waals surface area contributed by atoms with Crippen LogP contribution in [0, 0.1) is 13.8 Å². The Labute approximate surface area is 169 Å². The van der Waals surface area contributed by atoms with Crippen molar-refractivity contribution in [1.29, 1.82) is 0 Å². The summed E-state index contributed by atoms with van der Waals surface area (Å²) in [5.74, 6) is 0.530. The fraction of sp³-hybridized carbons (Fsp3) is 0.286. The number of nitrogens with one attached hydrogen (secondary N) is 4. The van der Waals surface area contributed by atoms with Crippen molar-refractivity contribution in [3.05, 3.63) is 53.5 Å². The molecule has 3 aromatic rings. The third-order valence-electron chi connectivity index (χ3n) is 4.61. The van der Waals surface area contributed by atoms with E-state index in [0.29, 0.717) is 30.2 Å². The average molecular weight is 394 g/mol. The largest absolute Gasteiger partial charge is 0.352 e. The van der Waals surface area contributed by atoms with Gasteiger partial charge in [-0.15, -0.1) is 0 Å². The fourth-order valence-corrected chi connectivity index (χ4v) is 3.15. The molecule has 0 radical (unpaired) electrons. The SMILES string of the molecule is CCNC(=O)Nc1ccc(C)c(Nc2nccn3cc(C(=O)NCC)c(C)c23)c1. The lowest BCUT2D eigenvalue weighted by Crippen LogP contribution is -2.28. The molecule has 0 aliphatic carbocycles. The molecule has 0 aliphatic rings. The summed E-state index contributed by atoms with van der Waals surface area (Å²) in [7, 11) is 0. The second kappa shape index (κ2) is 8.64. The molecule has 3 amide bonds. The Morgan fingerprint density at radius 3 is 2.59 bits per heavy atom. The molecule has 8 heteroatoms. The monoisotopic (exact) mass is 394 g/mol. The van der Waals surface area contributed by atoms with Gasteiger partial charge in [-0.3, -0.25) is 4.79 Å². The number of aromatic nitrogens is 2. The van der Waals surface area contributed by atoms with E-state index >= 15 is 0 Å². The number of carbonyl (C=O) groups excluding carboxylic acids is 2. The molecule has 1 aromatic carbocycles. The van der Waals surface area contributed by atoms with Gasteiger partial charge < -0.3 is 25.7 Å². The van der Waals surface area contributed by atoms with Gasteiger partial charge in [0, 0.05) is 43.1 Å². The number of hydrogen-bond donors (Lipinski definition) is 4. The highest BCUT2D eigenvalue weighted by molar-refractivity contribution is 5.99. The summed E-state index contributed by atoms with van der Waals surface area (Å²) < 4.78 is 1.89. The smallest absolute Gasteiger partial charge is 0.319 e. The van der Waals surface area contributed by atoms with Crippen LogP contribution >= 0.6 is 0 Å². The van der Waals surface area contributed by atoms with E-state index in [1.807, 2.05) is 62.7 Å². The second-order valence-electron chi connectivity index (χ2n) is 6.70. The first kappa shape index (κ1) is 20.2. The number of anilines is 3. The first-order chi connectivity index (χ1) is 13.9. The van der Waals surface area contributed by atoms with Crippen molar-refractivity contribution >= 4 is 34.6 Å². The predicted molar refractivity (Wildman–Crippen MR) is 115 cm³/mol. The maximum absolute atomic E-state index is 12.3. The Hall–Kier alpha value is -3.55. The third-order valence-corrected chi connectivity index (χ3v) is 4.61. The van der Waals surface area contributed by atoms with Gasteiger partial charge in [0.1, 0.15) is 0 Å². The Kier molecular flexibility index (Phi) is 6.01. The standard InChI is InChI=1S/C21H26N6O2/c1-5-22-20(28)16-12-27-10-9-24-19(18(27)14(16)4)26-17-11-15(8-7-13(17)3)25-21(29)23-6-2/h7-12H,5-6H2,1-4H3,(H,22,28)(H,24,26)(H2,23,25,29). The molecule has 2 heterocycles. The van der Waals surface area contributed by atoms with Crippen LogP contribution in [0.3, 0.4) is 0 Å². The minimum absolute atomic E-state index is 0.107. The Morgan fingerprint density at radius 1 is 1.10 bits per heavy atom. The van der Waals surface area contributed by atoms with Crippen molar-refractivity contribution in [2.45, 2.75) is 27.7 Å². The van der Waals surface area contributed by atoms with Gasteiger partial charge in [0.05, 0.1) is 11.1 Å². The number of aryl methyl sites for hydroxylation is 2. The molecule has 8 nitrogen and oxygen atoms in total. The Morgan fingerprint density at radius 2 is 1.86 bits per heavy atom. The highest BCUT2D eigenvalue weighted by Crippen LogP contribution is 2.29. The van der Waals surface area contributed by atoms with Crippen LogP contribution in [0.1, 0.15) is 35.3 Å².